The molecule has 3 nitrogen and oxygen atoms in total. The van der Waals surface area contributed by atoms with Gasteiger partial charge in [-0.1, -0.05) is 11.6 Å². The third-order valence-electron chi connectivity index (χ3n) is 2.74. The summed E-state index contributed by atoms with van der Waals surface area (Å²) in [6.45, 7) is 1.91. The Morgan fingerprint density at radius 3 is 2.74 bits per heavy atom. The van der Waals surface area contributed by atoms with Gasteiger partial charge < -0.3 is 5.73 Å². The molecule has 19 heavy (non-hydrogen) atoms. The average Bonchev–Trinajstić information content (AvgIpc) is 2.93. The van der Waals surface area contributed by atoms with E-state index in [-0.39, 0.29) is 5.78 Å². The van der Waals surface area contributed by atoms with Gasteiger partial charge in [0.2, 0.25) is 5.78 Å². The molecule has 0 atom stereocenters. The maximum Gasteiger partial charge on any atom is 0.215 e. The standard InChI is InChI=1S/C13H9ClN2OS2/c1-6-2-3-7-10(15)12(19-13(7)16-6)11(17)8-4-5-9(14)18-8/h2-5H,15H2,1H3. The van der Waals surface area contributed by atoms with Crippen LogP contribution in [0.1, 0.15) is 20.2 Å². The summed E-state index contributed by atoms with van der Waals surface area (Å²) in [5, 5.41) is 0.835. The number of anilines is 1. The molecule has 0 unspecified atom stereocenters. The van der Waals surface area contributed by atoms with Crippen molar-refractivity contribution in [2.75, 3.05) is 5.73 Å². The highest BCUT2D eigenvalue weighted by atomic mass is 35.5. The number of hydrogen-bond acceptors (Lipinski definition) is 5. The maximum atomic E-state index is 12.4. The highest BCUT2D eigenvalue weighted by Gasteiger charge is 2.20. The van der Waals surface area contributed by atoms with E-state index >= 15 is 0 Å². The van der Waals surface area contributed by atoms with Gasteiger partial charge in [-0.25, -0.2) is 4.98 Å². The van der Waals surface area contributed by atoms with E-state index < -0.39 is 0 Å². The predicted octanol–water partition coefficient (Wildman–Crippen LogP) is 4.13. The molecular weight excluding hydrogens is 300 g/mol. The summed E-state index contributed by atoms with van der Waals surface area (Å²) in [6, 6.07) is 7.23. The molecule has 0 bridgehead atoms. The molecule has 0 fully saturated rings. The van der Waals surface area contributed by atoms with Crippen molar-refractivity contribution in [1.29, 1.82) is 0 Å². The number of nitrogen functional groups attached to an aromatic ring is 1. The van der Waals surface area contributed by atoms with Crippen molar-refractivity contribution in [3.63, 3.8) is 0 Å². The first-order chi connectivity index (χ1) is 9.06. The Bertz CT molecular complexity index is 791. The van der Waals surface area contributed by atoms with Crippen LogP contribution in [0.4, 0.5) is 5.69 Å². The van der Waals surface area contributed by atoms with Crippen molar-refractivity contribution >= 4 is 56.0 Å². The number of ketones is 1. The monoisotopic (exact) mass is 308 g/mol. The molecule has 0 saturated carbocycles. The maximum absolute atomic E-state index is 12.4. The fourth-order valence-corrected chi connectivity index (χ4v) is 3.95. The van der Waals surface area contributed by atoms with Crippen LogP contribution in [0.2, 0.25) is 4.34 Å². The highest BCUT2D eigenvalue weighted by Crippen LogP contribution is 2.35. The number of rotatable bonds is 2. The van der Waals surface area contributed by atoms with Gasteiger partial charge in [-0.15, -0.1) is 22.7 Å². The molecule has 0 aromatic carbocycles. The molecule has 0 aliphatic carbocycles. The van der Waals surface area contributed by atoms with Crippen LogP contribution in [0.25, 0.3) is 10.2 Å². The van der Waals surface area contributed by atoms with Gasteiger partial charge >= 0.3 is 0 Å². The summed E-state index contributed by atoms with van der Waals surface area (Å²) in [6.07, 6.45) is 0. The number of carbonyl (C=O) groups excluding carboxylic acids is 1. The lowest BCUT2D eigenvalue weighted by molar-refractivity contribution is 0.104. The van der Waals surface area contributed by atoms with E-state index in [2.05, 4.69) is 4.98 Å². The number of aryl methyl sites for hydroxylation is 1. The van der Waals surface area contributed by atoms with Gasteiger partial charge in [0.1, 0.15) is 9.71 Å². The van der Waals surface area contributed by atoms with Gasteiger partial charge in [0.15, 0.2) is 0 Å². The number of halogens is 1. The lowest BCUT2D eigenvalue weighted by Crippen LogP contribution is -1.99. The van der Waals surface area contributed by atoms with Crippen molar-refractivity contribution in [1.82, 2.24) is 4.98 Å². The molecule has 3 aromatic heterocycles. The third kappa shape index (κ3) is 2.14. The van der Waals surface area contributed by atoms with Crippen LogP contribution in [-0.4, -0.2) is 10.8 Å². The van der Waals surface area contributed by atoms with Crippen molar-refractivity contribution in [2.24, 2.45) is 0 Å². The molecule has 3 heterocycles. The fraction of sp³-hybridized carbons (Fsp3) is 0.0769. The second-order valence-corrected chi connectivity index (χ2v) is 6.80. The van der Waals surface area contributed by atoms with Crippen LogP contribution in [0.15, 0.2) is 24.3 Å². The summed E-state index contributed by atoms with van der Waals surface area (Å²) in [5.41, 5.74) is 7.47. The summed E-state index contributed by atoms with van der Waals surface area (Å²) in [7, 11) is 0. The number of nitrogens with two attached hydrogens (primary N) is 1. The molecule has 0 aliphatic heterocycles. The average molecular weight is 309 g/mol. The Morgan fingerprint density at radius 1 is 1.26 bits per heavy atom. The Labute approximate surface area is 122 Å². The lowest BCUT2D eigenvalue weighted by atomic mass is 10.2. The number of pyridine rings is 1. The predicted molar refractivity (Wildman–Crippen MR) is 81.5 cm³/mol. The van der Waals surface area contributed by atoms with Gasteiger partial charge in [-0.05, 0) is 31.2 Å². The topological polar surface area (TPSA) is 56.0 Å². The third-order valence-corrected chi connectivity index (χ3v) is 5.08. The SMILES string of the molecule is Cc1ccc2c(N)c(C(=O)c3ccc(Cl)s3)sc2n1. The minimum atomic E-state index is -0.0879. The second kappa shape index (κ2) is 4.59. The fourth-order valence-electron chi connectivity index (χ4n) is 1.81. The largest absolute Gasteiger partial charge is 0.397 e. The molecule has 6 heteroatoms. The van der Waals surface area contributed by atoms with Gasteiger partial charge in [0.25, 0.3) is 0 Å². The number of thiophene rings is 2. The molecule has 3 aromatic rings. The van der Waals surface area contributed by atoms with Crippen molar-refractivity contribution < 1.29 is 4.79 Å². The van der Waals surface area contributed by atoms with E-state index in [0.29, 0.717) is 19.8 Å². The molecule has 0 spiro atoms. The molecule has 0 aliphatic rings. The molecule has 96 valence electrons. The van der Waals surface area contributed by atoms with Crippen molar-refractivity contribution in [3.8, 4) is 0 Å². The first-order valence-electron chi connectivity index (χ1n) is 5.52. The quantitative estimate of drug-likeness (QED) is 0.724. The minimum Gasteiger partial charge on any atom is -0.397 e. The smallest absolute Gasteiger partial charge is 0.215 e. The molecule has 0 amide bonds. The van der Waals surface area contributed by atoms with Crippen LogP contribution in [0.5, 0.6) is 0 Å². The van der Waals surface area contributed by atoms with E-state index in [9.17, 15) is 4.79 Å². The zero-order valence-electron chi connectivity index (χ0n) is 9.94. The van der Waals surface area contributed by atoms with Gasteiger partial charge in [-0.3, -0.25) is 4.79 Å². The van der Waals surface area contributed by atoms with Crippen LogP contribution in [0, 0.1) is 6.92 Å². The summed E-state index contributed by atoms with van der Waals surface area (Å²) >= 11 is 8.44. The number of hydrogen-bond donors (Lipinski definition) is 1. The number of fused-ring (bicyclic) bond motifs is 1. The van der Waals surface area contributed by atoms with Gasteiger partial charge in [-0.2, -0.15) is 0 Å². The van der Waals surface area contributed by atoms with Crippen LogP contribution in [0.3, 0.4) is 0 Å². The number of aromatic nitrogens is 1. The van der Waals surface area contributed by atoms with E-state index in [0.717, 1.165) is 15.9 Å². The summed E-state index contributed by atoms with van der Waals surface area (Å²) < 4.78 is 0.594. The highest BCUT2D eigenvalue weighted by molar-refractivity contribution is 7.23. The second-order valence-electron chi connectivity index (χ2n) is 4.08. The molecule has 0 radical (unpaired) electrons. The summed E-state index contributed by atoms with van der Waals surface area (Å²) in [5.74, 6) is -0.0879. The number of carbonyl (C=O) groups is 1. The van der Waals surface area contributed by atoms with E-state index in [4.69, 9.17) is 17.3 Å². The van der Waals surface area contributed by atoms with E-state index in [1.54, 1.807) is 12.1 Å². The molecular formula is C13H9ClN2OS2. The molecule has 3 rings (SSSR count). The van der Waals surface area contributed by atoms with E-state index in [1.807, 2.05) is 19.1 Å². The first-order valence-corrected chi connectivity index (χ1v) is 7.53. The molecule has 2 N–H and O–H groups in total. The van der Waals surface area contributed by atoms with Crippen LogP contribution >= 0.6 is 34.3 Å². The Kier molecular flexibility index (Phi) is 3.05. The Balaban J connectivity index is 2.15. The Hall–Kier alpha value is -1.43. The van der Waals surface area contributed by atoms with Crippen LogP contribution in [-0.2, 0) is 0 Å². The zero-order valence-corrected chi connectivity index (χ0v) is 12.3. The first kappa shape index (κ1) is 12.6. The number of nitrogens with zero attached hydrogens (tertiary/aromatic N) is 1. The molecule has 0 saturated heterocycles. The summed E-state index contributed by atoms with van der Waals surface area (Å²) in [4.78, 5) is 18.7. The normalized spacial score (nSPS) is 11.1. The Morgan fingerprint density at radius 2 is 2.05 bits per heavy atom. The zero-order chi connectivity index (χ0) is 13.6. The minimum absolute atomic E-state index is 0.0879. The van der Waals surface area contributed by atoms with Gasteiger partial charge in [0.05, 0.1) is 14.9 Å². The van der Waals surface area contributed by atoms with E-state index in [1.165, 1.54) is 22.7 Å². The lowest BCUT2D eigenvalue weighted by Gasteiger charge is -1.95. The van der Waals surface area contributed by atoms with Crippen molar-refractivity contribution in [3.05, 3.63) is 44.1 Å². The van der Waals surface area contributed by atoms with Gasteiger partial charge in [0, 0.05) is 11.1 Å². The van der Waals surface area contributed by atoms with Crippen LogP contribution < -0.4 is 5.73 Å². The van der Waals surface area contributed by atoms with Crippen molar-refractivity contribution in [2.45, 2.75) is 6.92 Å².